The van der Waals surface area contributed by atoms with E-state index in [0.29, 0.717) is 50.6 Å². The number of pyridine rings is 1. The molecule has 2 aromatic heterocycles. The van der Waals surface area contributed by atoms with E-state index < -0.39 is 11.7 Å². The smallest absolute Gasteiger partial charge is 0.272 e. The molecule has 1 atom stereocenters. The van der Waals surface area contributed by atoms with Gasteiger partial charge in [-0.15, -0.1) is 0 Å². The number of rotatable bonds is 4. The van der Waals surface area contributed by atoms with Crippen LogP contribution in [0.1, 0.15) is 43.0 Å². The Morgan fingerprint density at radius 2 is 2.03 bits per heavy atom. The summed E-state index contributed by atoms with van der Waals surface area (Å²) in [7, 11) is 0. The van der Waals surface area contributed by atoms with E-state index >= 15 is 0 Å². The number of ether oxygens (including phenoxy) is 1. The lowest BCUT2D eigenvalue weighted by atomic mass is 9.88. The van der Waals surface area contributed by atoms with Crippen molar-refractivity contribution in [2.45, 2.75) is 44.9 Å². The summed E-state index contributed by atoms with van der Waals surface area (Å²) in [4.78, 5) is 35.9. The summed E-state index contributed by atoms with van der Waals surface area (Å²) < 4.78 is 8.39. The second-order valence-electron chi connectivity index (χ2n) is 8.15. The van der Waals surface area contributed by atoms with E-state index in [2.05, 4.69) is 29.1 Å². The third-order valence-electron chi connectivity index (χ3n) is 5.57. The van der Waals surface area contributed by atoms with Crippen molar-refractivity contribution in [2.75, 3.05) is 19.6 Å². The Kier molecular flexibility index (Phi) is 5.36. The molecular formula is C21H27N5O3. The first kappa shape index (κ1) is 19.6. The van der Waals surface area contributed by atoms with Crippen LogP contribution in [0.25, 0.3) is 0 Å². The lowest BCUT2D eigenvalue weighted by Gasteiger charge is -2.45. The van der Waals surface area contributed by atoms with Crippen LogP contribution in [-0.2, 0) is 21.7 Å². The molecule has 1 N–H and O–H groups in total. The van der Waals surface area contributed by atoms with Gasteiger partial charge in [-0.05, 0) is 18.1 Å². The lowest BCUT2D eigenvalue weighted by molar-refractivity contribution is -0.172. The van der Waals surface area contributed by atoms with Crippen molar-refractivity contribution < 1.29 is 14.3 Å². The Labute approximate surface area is 170 Å². The first-order valence-corrected chi connectivity index (χ1v) is 10.2. The van der Waals surface area contributed by atoms with Crippen molar-refractivity contribution in [1.29, 1.82) is 0 Å². The van der Waals surface area contributed by atoms with Crippen molar-refractivity contribution in [3.8, 4) is 0 Å². The first-order chi connectivity index (χ1) is 14.0. The van der Waals surface area contributed by atoms with E-state index in [9.17, 15) is 9.59 Å². The first-order valence-electron chi connectivity index (χ1n) is 10.2. The van der Waals surface area contributed by atoms with E-state index in [-0.39, 0.29) is 11.8 Å². The number of fused-ring (bicyclic) bond motifs is 2. The molecule has 4 rings (SSSR count). The maximum absolute atomic E-state index is 12.7. The minimum Gasteiger partial charge on any atom is -0.354 e. The number of likely N-dealkylation sites (tertiary alicyclic amines) is 1. The number of aromatic nitrogens is 3. The predicted octanol–water partition coefficient (Wildman–Crippen LogP) is 1.58. The molecule has 0 radical (unpaired) electrons. The molecule has 154 valence electrons. The molecule has 0 saturated carbocycles. The van der Waals surface area contributed by atoms with Crippen LogP contribution in [0.2, 0.25) is 0 Å². The van der Waals surface area contributed by atoms with E-state index in [4.69, 9.17) is 4.74 Å². The SMILES string of the molecule is CC(C)CNC(=O)[C@@H]1Cn2ccnc2C2(CCN(C(=O)c3ccccn3)CC2)O1. The van der Waals surface area contributed by atoms with Crippen LogP contribution in [-0.4, -0.2) is 57.0 Å². The van der Waals surface area contributed by atoms with E-state index in [1.807, 2.05) is 16.8 Å². The van der Waals surface area contributed by atoms with Crippen molar-refractivity contribution in [3.05, 3.63) is 48.3 Å². The Balaban J connectivity index is 1.49. The number of carbonyl (C=O) groups is 2. The molecule has 0 aromatic carbocycles. The number of amides is 2. The van der Waals surface area contributed by atoms with Crippen LogP contribution in [0, 0.1) is 5.92 Å². The van der Waals surface area contributed by atoms with E-state index in [0.717, 1.165) is 5.82 Å². The molecule has 1 spiro atoms. The van der Waals surface area contributed by atoms with Gasteiger partial charge in [-0.1, -0.05) is 19.9 Å². The Morgan fingerprint density at radius 3 is 2.72 bits per heavy atom. The summed E-state index contributed by atoms with van der Waals surface area (Å²) in [5.74, 6) is 1.05. The molecule has 8 nitrogen and oxygen atoms in total. The second kappa shape index (κ2) is 7.94. The number of carbonyl (C=O) groups excluding carboxylic acids is 2. The van der Waals surface area contributed by atoms with Crippen LogP contribution in [0.15, 0.2) is 36.8 Å². The van der Waals surface area contributed by atoms with Crippen LogP contribution >= 0.6 is 0 Å². The number of hydrogen-bond donors (Lipinski definition) is 1. The highest BCUT2D eigenvalue weighted by Crippen LogP contribution is 2.40. The molecule has 0 unspecified atom stereocenters. The molecule has 4 heterocycles. The Morgan fingerprint density at radius 1 is 1.24 bits per heavy atom. The van der Waals surface area contributed by atoms with Gasteiger partial charge < -0.3 is 19.5 Å². The van der Waals surface area contributed by atoms with Gasteiger partial charge in [0.25, 0.3) is 11.8 Å². The molecule has 2 aliphatic heterocycles. The fourth-order valence-corrected chi connectivity index (χ4v) is 4.02. The summed E-state index contributed by atoms with van der Waals surface area (Å²) in [5, 5.41) is 2.97. The summed E-state index contributed by atoms with van der Waals surface area (Å²) in [6.07, 6.45) is 5.90. The number of piperidine rings is 1. The molecule has 1 fully saturated rings. The molecule has 1 saturated heterocycles. The number of imidazole rings is 1. The zero-order valence-corrected chi connectivity index (χ0v) is 16.9. The average Bonchev–Trinajstić information content (AvgIpc) is 3.22. The van der Waals surface area contributed by atoms with Gasteiger partial charge in [0.2, 0.25) is 0 Å². The van der Waals surface area contributed by atoms with Gasteiger partial charge in [0.05, 0.1) is 6.54 Å². The standard InChI is InChI=1S/C21H27N5O3/c1-15(2)13-24-18(27)17-14-26-12-9-23-20(26)21(29-17)6-10-25(11-7-21)19(28)16-5-3-4-8-22-16/h3-5,8-9,12,15,17H,6-7,10-11,13-14H2,1-2H3,(H,24,27)/t17-/m0/s1. The average molecular weight is 397 g/mol. The van der Waals surface area contributed by atoms with Crippen LogP contribution < -0.4 is 5.32 Å². The molecular weight excluding hydrogens is 370 g/mol. The maximum atomic E-state index is 12.7. The summed E-state index contributed by atoms with van der Waals surface area (Å²) in [6.45, 7) is 6.26. The van der Waals surface area contributed by atoms with Gasteiger partial charge in [-0.3, -0.25) is 14.6 Å². The summed E-state index contributed by atoms with van der Waals surface area (Å²) in [5.41, 5.74) is -0.205. The fraction of sp³-hybridized carbons (Fsp3) is 0.524. The zero-order valence-electron chi connectivity index (χ0n) is 16.9. The van der Waals surface area contributed by atoms with Gasteiger partial charge in [0.15, 0.2) is 6.10 Å². The molecule has 2 amide bonds. The van der Waals surface area contributed by atoms with Crippen molar-refractivity contribution in [1.82, 2.24) is 24.8 Å². The summed E-state index contributed by atoms with van der Waals surface area (Å²) in [6, 6.07) is 5.33. The number of hydrogen-bond acceptors (Lipinski definition) is 5. The van der Waals surface area contributed by atoms with Gasteiger partial charge >= 0.3 is 0 Å². The van der Waals surface area contributed by atoms with Gasteiger partial charge in [-0.25, -0.2) is 4.98 Å². The number of nitrogens with zero attached hydrogens (tertiary/aromatic N) is 4. The third-order valence-corrected chi connectivity index (χ3v) is 5.57. The van der Waals surface area contributed by atoms with Crippen LogP contribution in [0.3, 0.4) is 0 Å². The molecule has 0 aliphatic carbocycles. The highest BCUT2D eigenvalue weighted by Gasteiger charge is 2.47. The monoisotopic (exact) mass is 397 g/mol. The fourth-order valence-electron chi connectivity index (χ4n) is 4.02. The third kappa shape index (κ3) is 3.89. The van der Waals surface area contributed by atoms with Crippen molar-refractivity contribution in [3.63, 3.8) is 0 Å². The molecule has 0 bridgehead atoms. The van der Waals surface area contributed by atoms with Gasteiger partial charge in [0, 0.05) is 51.1 Å². The summed E-state index contributed by atoms with van der Waals surface area (Å²) >= 11 is 0. The normalized spacial score (nSPS) is 20.5. The minimum atomic E-state index is -0.650. The topological polar surface area (TPSA) is 89.4 Å². The minimum absolute atomic E-state index is 0.0779. The molecule has 29 heavy (non-hydrogen) atoms. The van der Waals surface area contributed by atoms with Crippen molar-refractivity contribution >= 4 is 11.8 Å². The Bertz CT molecular complexity index is 871. The van der Waals surface area contributed by atoms with Crippen molar-refractivity contribution in [2.24, 2.45) is 5.92 Å². The maximum Gasteiger partial charge on any atom is 0.272 e. The van der Waals surface area contributed by atoms with E-state index in [1.165, 1.54) is 0 Å². The van der Waals surface area contributed by atoms with Crippen LogP contribution in [0.5, 0.6) is 0 Å². The van der Waals surface area contributed by atoms with Gasteiger partial charge in [-0.2, -0.15) is 0 Å². The molecule has 2 aliphatic rings. The molecule has 2 aromatic rings. The molecule has 8 heteroatoms. The predicted molar refractivity (Wildman–Crippen MR) is 106 cm³/mol. The van der Waals surface area contributed by atoms with Crippen LogP contribution in [0.4, 0.5) is 0 Å². The quantitative estimate of drug-likeness (QED) is 0.846. The number of nitrogens with one attached hydrogen (secondary N) is 1. The largest absolute Gasteiger partial charge is 0.354 e. The zero-order chi connectivity index (χ0) is 20.4. The van der Waals surface area contributed by atoms with Gasteiger partial charge in [0.1, 0.15) is 17.1 Å². The van der Waals surface area contributed by atoms with E-state index in [1.54, 1.807) is 29.4 Å². The Hall–Kier alpha value is -2.74. The second-order valence-corrected chi connectivity index (χ2v) is 8.15. The lowest BCUT2D eigenvalue weighted by Crippen LogP contribution is -2.55. The highest BCUT2D eigenvalue weighted by atomic mass is 16.5. The highest BCUT2D eigenvalue weighted by molar-refractivity contribution is 5.92.